The van der Waals surface area contributed by atoms with Crippen LogP contribution in [0.1, 0.15) is 42.6 Å². The Balaban J connectivity index is 1.04. The number of benzene rings is 2. The third kappa shape index (κ3) is 6.44. The van der Waals surface area contributed by atoms with Crippen molar-refractivity contribution in [2.24, 2.45) is 5.92 Å². The third-order valence-corrected chi connectivity index (χ3v) is 7.87. The van der Waals surface area contributed by atoms with Crippen LogP contribution in [-0.2, 0) is 17.8 Å². The molecule has 3 heterocycles. The molecule has 2 fully saturated rings. The van der Waals surface area contributed by atoms with E-state index in [0.29, 0.717) is 6.42 Å². The average Bonchev–Trinajstić information content (AvgIpc) is 3.36. The van der Waals surface area contributed by atoms with Crippen molar-refractivity contribution in [1.29, 1.82) is 0 Å². The first kappa shape index (κ1) is 23.9. The van der Waals surface area contributed by atoms with E-state index in [-0.39, 0.29) is 23.7 Å². The van der Waals surface area contributed by atoms with Gasteiger partial charge < -0.3 is 10.2 Å². The van der Waals surface area contributed by atoms with Crippen LogP contribution in [0.15, 0.2) is 54.6 Å². The number of rotatable bonds is 7. The lowest BCUT2D eigenvalue weighted by Crippen LogP contribution is -2.48. The zero-order valence-corrected chi connectivity index (χ0v) is 20.7. The molecule has 2 aliphatic rings. The van der Waals surface area contributed by atoms with Crippen molar-refractivity contribution in [2.45, 2.75) is 44.7 Å². The SMILES string of the molecule is O=C(NC1CCN(Cc2ccccc2)CC1)C1CCN(c2nc(Cc3ccc(F)cc3)ns2)CC1. The molecule has 0 aliphatic carbocycles. The zero-order valence-electron chi connectivity index (χ0n) is 19.9. The predicted molar refractivity (Wildman–Crippen MR) is 137 cm³/mol. The molecule has 2 aromatic carbocycles. The van der Waals surface area contributed by atoms with Gasteiger partial charge in [0, 0.05) is 62.6 Å². The molecule has 1 N–H and O–H groups in total. The molecule has 2 saturated heterocycles. The van der Waals surface area contributed by atoms with Crippen molar-refractivity contribution >= 4 is 22.6 Å². The average molecular weight is 494 g/mol. The lowest BCUT2D eigenvalue weighted by atomic mass is 9.95. The number of hydrogen-bond donors (Lipinski definition) is 1. The molecular formula is C27H32FN5OS. The molecule has 0 atom stereocenters. The van der Waals surface area contributed by atoms with Crippen molar-refractivity contribution in [3.63, 3.8) is 0 Å². The molecule has 0 unspecified atom stereocenters. The van der Waals surface area contributed by atoms with Crippen LogP contribution in [0.5, 0.6) is 0 Å². The number of carbonyl (C=O) groups excluding carboxylic acids is 1. The number of nitrogens with zero attached hydrogens (tertiary/aromatic N) is 4. The number of nitrogens with one attached hydrogen (secondary N) is 1. The normalized spacial score (nSPS) is 18.0. The Kier molecular flexibility index (Phi) is 7.69. The van der Waals surface area contributed by atoms with E-state index in [1.54, 1.807) is 12.1 Å². The van der Waals surface area contributed by atoms with Crippen molar-refractivity contribution in [3.05, 3.63) is 77.4 Å². The zero-order chi connectivity index (χ0) is 24.0. The molecule has 1 amide bonds. The standard InChI is InChI=1S/C27H32FN5OS/c28-23-8-6-20(7-9-23)18-25-30-27(35-31-25)33-16-10-22(11-17-33)26(34)29-24-12-14-32(15-13-24)19-21-4-2-1-3-5-21/h1-9,22,24H,10-19H2,(H,29,34). The molecular weight excluding hydrogens is 461 g/mol. The molecule has 2 aliphatic heterocycles. The smallest absolute Gasteiger partial charge is 0.223 e. The fourth-order valence-corrected chi connectivity index (χ4v) is 5.70. The Morgan fingerprint density at radius 3 is 2.37 bits per heavy atom. The molecule has 3 aromatic rings. The van der Waals surface area contributed by atoms with E-state index in [9.17, 15) is 9.18 Å². The molecule has 35 heavy (non-hydrogen) atoms. The van der Waals surface area contributed by atoms with Crippen molar-refractivity contribution in [3.8, 4) is 0 Å². The van der Waals surface area contributed by atoms with Crippen molar-refractivity contribution in [2.75, 3.05) is 31.1 Å². The highest BCUT2D eigenvalue weighted by atomic mass is 32.1. The predicted octanol–water partition coefficient (Wildman–Crippen LogP) is 4.27. The summed E-state index contributed by atoms with van der Waals surface area (Å²) in [6, 6.07) is 17.3. The van der Waals surface area contributed by atoms with E-state index in [2.05, 4.69) is 54.8 Å². The first-order valence-electron chi connectivity index (χ1n) is 12.5. The van der Waals surface area contributed by atoms with E-state index in [4.69, 9.17) is 0 Å². The highest BCUT2D eigenvalue weighted by molar-refractivity contribution is 7.09. The van der Waals surface area contributed by atoms with Gasteiger partial charge in [0.1, 0.15) is 11.6 Å². The number of aromatic nitrogens is 2. The number of amides is 1. The summed E-state index contributed by atoms with van der Waals surface area (Å²) in [5.41, 5.74) is 2.34. The lowest BCUT2D eigenvalue weighted by molar-refractivity contribution is -0.126. The highest BCUT2D eigenvalue weighted by Crippen LogP contribution is 2.26. The molecule has 0 bridgehead atoms. The first-order chi connectivity index (χ1) is 17.1. The summed E-state index contributed by atoms with van der Waals surface area (Å²) in [6.45, 7) is 4.67. The van der Waals surface area contributed by atoms with Gasteiger partial charge in [-0.1, -0.05) is 42.5 Å². The fourth-order valence-electron chi connectivity index (χ4n) is 4.96. The maximum absolute atomic E-state index is 13.1. The van der Waals surface area contributed by atoms with Crippen LogP contribution >= 0.6 is 11.5 Å². The molecule has 5 rings (SSSR count). The summed E-state index contributed by atoms with van der Waals surface area (Å²) in [5, 5.41) is 4.24. The molecule has 6 nitrogen and oxygen atoms in total. The topological polar surface area (TPSA) is 61.4 Å². The summed E-state index contributed by atoms with van der Waals surface area (Å²) >= 11 is 1.40. The van der Waals surface area contributed by atoms with Crippen LogP contribution in [0.3, 0.4) is 0 Å². The summed E-state index contributed by atoms with van der Waals surface area (Å²) < 4.78 is 17.6. The Labute approximate surface area is 210 Å². The van der Waals surface area contributed by atoms with E-state index in [1.165, 1.54) is 29.2 Å². The molecule has 0 saturated carbocycles. The number of piperidine rings is 2. The summed E-state index contributed by atoms with van der Waals surface area (Å²) in [7, 11) is 0. The highest BCUT2D eigenvalue weighted by Gasteiger charge is 2.29. The second kappa shape index (κ2) is 11.3. The number of anilines is 1. The minimum absolute atomic E-state index is 0.0696. The van der Waals surface area contributed by atoms with Gasteiger partial charge in [-0.05, 0) is 48.9 Å². The van der Waals surface area contributed by atoms with Crippen LogP contribution in [-0.4, -0.2) is 52.4 Å². The minimum atomic E-state index is -0.235. The van der Waals surface area contributed by atoms with Crippen LogP contribution < -0.4 is 10.2 Å². The maximum Gasteiger partial charge on any atom is 0.223 e. The second-order valence-corrected chi connectivity index (χ2v) is 10.3. The maximum atomic E-state index is 13.1. The molecule has 0 spiro atoms. The van der Waals surface area contributed by atoms with Crippen molar-refractivity contribution in [1.82, 2.24) is 19.6 Å². The largest absolute Gasteiger partial charge is 0.353 e. The van der Waals surface area contributed by atoms with Gasteiger partial charge in [0.05, 0.1) is 0 Å². The van der Waals surface area contributed by atoms with Crippen molar-refractivity contribution < 1.29 is 9.18 Å². The lowest BCUT2D eigenvalue weighted by Gasteiger charge is -2.35. The Morgan fingerprint density at radius 1 is 0.943 bits per heavy atom. The first-order valence-corrected chi connectivity index (χ1v) is 13.3. The van der Waals surface area contributed by atoms with E-state index in [0.717, 1.165) is 74.9 Å². The summed E-state index contributed by atoms with van der Waals surface area (Å²) in [4.78, 5) is 22.3. The number of carbonyl (C=O) groups is 1. The van der Waals surface area contributed by atoms with Gasteiger partial charge in [0.15, 0.2) is 0 Å². The quantitative estimate of drug-likeness (QED) is 0.533. The van der Waals surface area contributed by atoms with E-state index < -0.39 is 0 Å². The Morgan fingerprint density at radius 2 is 1.66 bits per heavy atom. The third-order valence-electron chi connectivity index (χ3n) is 7.05. The van der Waals surface area contributed by atoms with Gasteiger partial charge in [0.2, 0.25) is 11.0 Å². The van der Waals surface area contributed by atoms with Crippen LogP contribution in [0.2, 0.25) is 0 Å². The fraction of sp³-hybridized carbons (Fsp3) is 0.444. The van der Waals surface area contributed by atoms with Crippen LogP contribution in [0, 0.1) is 11.7 Å². The van der Waals surface area contributed by atoms with E-state index >= 15 is 0 Å². The molecule has 1 aromatic heterocycles. The van der Waals surface area contributed by atoms with Gasteiger partial charge >= 0.3 is 0 Å². The Bertz CT molecular complexity index is 1090. The van der Waals surface area contributed by atoms with Gasteiger partial charge in [-0.3, -0.25) is 9.69 Å². The summed E-state index contributed by atoms with van der Waals surface area (Å²) in [5.74, 6) is 0.803. The van der Waals surface area contributed by atoms with Gasteiger partial charge in [-0.2, -0.15) is 4.37 Å². The van der Waals surface area contributed by atoms with Gasteiger partial charge in [-0.25, -0.2) is 9.37 Å². The minimum Gasteiger partial charge on any atom is -0.353 e. The molecule has 184 valence electrons. The molecule has 8 heteroatoms. The summed E-state index contributed by atoms with van der Waals surface area (Å²) in [6.07, 6.45) is 4.30. The van der Waals surface area contributed by atoms with Crippen LogP contribution in [0.25, 0.3) is 0 Å². The number of halogens is 1. The monoisotopic (exact) mass is 493 g/mol. The van der Waals surface area contributed by atoms with Gasteiger partial charge in [0.25, 0.3) is 0 Å². The molecule has 0 radical (unpaired) electrons. The van der Waals surface area contributed by atoms with Gasteiger partial charge in [-0.15, -0.1) is 0 Å². The Hall–Kier alpha value is -2.84. The van der Waals surface area contributed by atoms with E-state index in [1.807, 2.05) is 0 Å². The number of hydrogen-bond acceptors (Lipinski definition) is 6. The number of likely N-dealkylation sites (tertiary alicyclic amines) is 1. The second-order valence-electron chi connectivity index (χ2n) is 9.60. The van der Waals surface area contributed by atoms with Crippen LogP contribution in [0.4, 0.5) is 9.52 Å².